The second-order valence-corrected chi connectivity index (χ2v) is 5.46. The molecule has 1 aliphatic rings. The van der Waals surface area contributed by atoms with Crippen molar-refractivity contribution >= 4 is 11.6 Å². The van der Waals surface area contributed by atoms with E-state index in [1.54, 1.807) is 23.9 Å². The highest BCUT2D eigenvalue weighted by Crippen LogP contribution is 2.32. The number of benzene rings is 2. The van der Waals surface area contributed by atoms with E-state index in [2.05, 4.69) is 15.4 Å². The molecule has 0 spiro atoms. The van der Waals surface area contributed by atoms with Crippen LogP contribution < -0.4 is 10.1 Å². The van der Waals surface area contributed by atoms with Crippen molar-refractivity contribution in [2.45, 2.75) is 6.04 Å². The van der Waals surface area contributed by atoms with Crippen LogP contribution in [0.4, 0.5) is 10.3 Å². The van der Waals surface area contributed by atoms with Crippen LogP contribution in [-0.4, -0.2) is 21.9 Å². The standard InChI is InChI=1S/C18H15FN4O/c1-24-15-4-2-3-13(9-15)16-10-17(12-5-7-14(19)8-6-12)23-18(22-16)20-11-21-23/h2-11,17H,1H3,(H,20,21,22)/t17-/m1/s1. The maximum Gasteiger partial charge on any atom is 0.226 e. The number of methoxy groups -OCH3 is 1. The Labute approximate surface area is 138 Å². The zero-order valence-corrected chi connectivity index (χ0v) is 13.0. The molecule has 0 fully saturated rings. The fraction of sp³-hybridized carbons (Fsp3) is 0.111. The van der Waals surface area contributed by atoms with Crippen LogP contribution in [0.25, 0.3) is 5.70 Å². The Balaban J connectivity index is 1.79. The molecule has 2 heterocycles. The number of fused-ring (bicyclic) bond motifs is 1. The highest BCUT2D eigenvalue weighted by molar-refractivity contribution is 5.77. The first-order valence-corrected chi connectivity index (χ1v) is 7.53. The predicted octanol–water partition coefficient (Wildman–Crippen LogP) is 3.48. The second-order valence-electron chi connectivity index (χ2n) is 5.46. The monoisotopic (exact) mass is 322 g/mol. The van der Waals surface area contributed by atoms with Crippen LogP contribution in [0, 0.1) is 5.82 Å². The lowest BCUT2D eigenvalue weighted by molar-refractivity contribution is 0.414. The summed E-state index contributed by atoms with van der Waals surface area (Å²) < 4.78 is 20.3. The van der Waals surface area contributed by atoms with Crippen molar-refractivity contribution < 1.29 is 9.13 Å². The van der Waals surface area contributed by atoms with Crippen molar-refractivity contribution in [2.24, 2.45) is 0 Å². The maximum atomic E-state index is 13.2. The van der Waals surface area contributed by atoms with Crippen molar-refractivity contribution in [1.29, 1.82) is 0 Å². The first-order valence-electron chi connectivity index (χ1n) is 7.53. The van der Waals surface area contributed by atoms with Crippen molar-refractivity contribution in [2.75, 3.05) is 12.4 Å². The third-order valence-electron chi connectivity index (χ3n) is 4.00. The number of anilines is 1. The van der Waals surface area contributed by atoms with Crippen LogP contribution >= 0.6 is 0 Å². The van der Waals surface area contributed by atoms with Crippen LogP contribution in [0.5, 0.6) is 5.75 Å². The van der Waals surface area contributed by atoms with E-state index in [-0.39, 0.29) is 11.9 Å². The molecule has 24 heavy (non-hydrogen) atoms. The minimum absolute atomic E-state index is 0.162. The SMILES string of the molecule is COc1cccc(C2=C[C@H](c3ccc(F)cc3)n3ncnc3N2)c1. The van der Waals surface area contributed by atoms with Gasteiger partial charge < -0.3 is 10.1 Å². The number of nitrogens with zero attached hydrogens (tertiary/aromatic N) is 3. The predicted molar refractivity (Wildman–Crippen MR) is 89.2 cm³/mol. The van der Waals surface area contributed by atoms with E-state index in [9.17, 15) is 4.39 Å². The smallest absolute Gasteiger partial charge is 0.226 e. The fourth-order valence-corrected chi connectivity index (χ4v) is 2.79. The normalized spacial score (nSPS) is 16.1. The number of aromatic nitrogens is 3. The van der Waals surface area contributed by atoms with E-state index in [0.29, 0.717) is 5.95 Å². The number of hydrogen-bond acceptors (Lipinski definition) is 4. The molecule has 2 aromatic carbocycles. The summed E-state index contributed by atoms with van der Waals surface area (Å²) in [5.41, 5.74) is 2.82. The van der Waals surface area contributed by atoms with Gasteiger partial charge in [0, 0.05) is 11.3 Å². The summed E-state index contributed by atoms with van der Waals surface area (Å²) in [6.07, 6.45) is 3.55. The molecule has 0 saturated heterocycles. The first-order chi connectivity index (χ1) is 11.7. The third-order valence-corrected chi connectivity index (χ3v) is 4.00. The zero-order chi connectivity index (χ0) is 16.5. The molecular weight excluding hydrogens is 307 g/mol. The molecule has 1 aliphatic heterocycles. The van der Waals surface area contributed by atoms with Gasteiger partial charge in [-0.15, -0.1) is 0 Å². The Hall–Kier alpha value is -3.15. The number of nitrogens with one attached hydrogen (secondary N) is 1. The van der Waals surface area contributed by atoms with Crippen molar-refractivity contribution in [3.05, 3.63) is 77.9 Å². The average molecular weight is 322 g/mol. The van der Waals surface area contributed by atoms with Gasteiger partial charge in [-0.3, -0.25) is 0 Å². The highest BCUT2D eigenvalue weighted by Gasteiger charge is 2.23. The molecular formula is C18H15FN4O. The fourth-order valence-electron chi connectivity index (χ4n) is 2.79. The highest BCUT2D eigenvalue weighted by atomic mass is 19.1. The van der Waals surface area contributed by atoms with Crippen LogP contribution in [0.1, 0.15) is 17.2 Å². The summed E-state index contributed by atoms with van der Waals surface area (Å²) in [6, 6.07) is 14.0. The van der Waals surface area contributed by atoms with Crippen molar-refractivity contribution in [1.82, 2.24) is 14.8 Å². The molecule has 0 unspecified atom stereocenters. The molecule has 6 heteroatoms. The summed E-state index contributed by atoms with van der Waals surface area (Å²) in [5, 5.41) is 7.56. The second kappa shape index (κ2) is 5.81. The van der Waals surface area contributed by atoms with Gasteiger partial charge in [0.1, 0.15) is 23.9 Å². The van der Waals surface area contributed by atoms with E-state index < -0.39 is 0 Å². The minimum Gasteiger partial charge on any atom is -0.497 e. The molecule has 0 saturated carbocycles. The quantitative estimate of drug-likeness (QED) is 0.802. The number of hydrogen-bond donors (Lipinski definition) is 1. The topological polar surface area (TPSA) is 52.0 Å². The van der Waals surface area contributed by atoms with Gasteiger partial charge in [0.2, 0.25) is 5.95 Å². The molecule has 0 amide bonds. The molecule has 0 radical (unpaired) electrons. The Bertz CT molecular complexity index is 901. The molecule has 1 aromatic heterocycles. The van der Waals surface area contributed by atoms with Crippen molar-refractivity contribution in [3.63, 3.8) is 0 Å². The number of ether oxygens (including phenoxy) is 1. The summed E-state index contributed by atoms with van der Waals surface area (Å²) in [6.45, 7) is 0. The van der Waals surface area contributed by atoms with Crippen molar-refractivity contribution in [3.8, 4) is 5.75 Å². The van der Waals surface area contributed by atoms with Gasteiger partial charge in [0.25, 0.3) is 0 Å². The summed E-state index contributed by atoms with van der Waals surface area (Å²) in [7, 11) is 1.64. The lowest BCUT2D eigenvalue weighted by atomic mass is 10.0. The van der Waals surface area contributed by atoms with E-state index in [1.165, 1.54) is 18.5 Å². The molecule has 0 aliphatic carbocycles. The Kier molecular flexibility index (Phi) is 3.49. The Morgan fingerprint density at radius 3 is 2.79 bits per heavy atom. The number of halogens is 1. The van der Waals surface area contributed by atoms with Gasteiger partial charge in [-0.05, 0) is 35.9 Å². The van der Waals surface area contributed by atoms with E-state index in [0.717, 1.165) is 22.6 Å². The summed E-state index contributed by atoms with van der Waals surface area (Å²) >= 11 is 0. The van der Waals surface area contributed by atoms with Crippen LogP contribution in [0.2, 0.25) is 0 Å². The van der Waals surface area contributed by atoms with Gasteiger partial charge in [-0.1, -0.05) is 24.3 Å². The van der Waals surface area contributed by atoms with E-state index in [1.807, 2.05) is 30.3 Å². The Morgan fingerprint density at radius 2 is 2.00 bits per heavy atom. The molecule has 0 bridgehead atoms. The third kappa shape index (κ3) is 2.52. The van der Waals surface area contributed by atoms with Crippen LogP contribution in [0.3, 0.4) is 0 Å². The number of allylic oxidation sites excluding steroid dienone is 1. The Morgan fingerprint density at radius 1 is 1.17 bits per heavy atom. The summed E-state index contributed by atoms with van der Waals surface area (Å²) in [5.74, 6) is 1.16. The van der Waals surface area contributed by atoms with Gasteiger partial charge in [-0.2, -0.15) is 10.1 Å². The summed E-state index contributed by atoms with van der Waals surface area (Å²) in [4.78, 5) is 4.26. The molecule has 4 rings (SSSR count). The molecule has 3 aromatic rings. The van der Waals surface area contributed by atoms with E-state index >= 15 is 0 Å². The lowest BCUT2D eigenvalue weighted by Gasteiger charge is -2.24. The lowest BCUT2D eigenvalue weighted by Crippen LogP contribution is -2.20. The molecule has 120 valence electrons. The van der Waals surface area contributed by atoms with Gasteiger partial charge >= 0.3 is 0 Å². The van der Waals surface area contributed by atoms with Crippen LogP contribution in [0.15, 0.2) is 60.9 Å². The van der Waals surface area contributed by atoms with Gasteiger partial charge in [-0.25, -0.2) is 9.07 Å². The maximum absolute atomic E-state index is 13.2. The largest absolute Gasteiger partial charge is 0.497 e. The van der Waals surface area contributed by atoms with Gasteiger partial charge in [0.05, 0.1) is 7.11 Å². The van der Waals surface area contributed by atoms with Crippen LogP contribution in [-0.2, 0) is 0 Å². The van der Waals surface area contributed by atoms with Gasteiger partial charge in [0.15, 0.2) is 0 Å². The van der Waals surface area contributed by atoms with E-state index in [4.69, 9.17) is 4.74 Å². The molecule has 5 nitrogen and oxygen atoms in total. The minimum atomic E-state index is -0.261. The first kappa shape index (κ1) is 14.4. The molecule has 1 N–H and O–H groups in total. The zero-order valence-electron chi connectivity index (χ0n) is 13.0. The molecule has 1 atom stereocenters. The number of rotatable bonds is 3. The average Bonchev–Trinajstić information content (AvgIpc) is 3.10.